The fourth-order valence-electron chi connectivity index (χ4n) is 2.36. The zero-order valence-corrected chi connectivity index (χ0v) is 16.6. The molecule has 0 atom stereocenters. The summed E-state index contributed by atoms with van der Waals surface area (Å²) < 4.78 is 10.9. The monoisotopic (exact) mass is 382 g/mol. The van der Waals surface area contributed by atoms with Gasteiger partial charge in [0.05, 0.1) is 7.11 Å². The minimum atomic E-state index is -0.293. The van der Waals surface area contributed by atoms with E-state index >= 15 is 0 Å². The van der Waals surface area contributed by atoms with E-state index in [0.717, 1.165) is 5.56 Å². The lowest BCUT2D eigenvalue weighted by Gasteiger charge is -2.12. The van der Waals surface area contributed by atoms with Crippen LogP contribution in [-0.4, -0.2) is 25.5 Å². The van der Waals surface area contributed by atoms with Gasteiger partial charge in [0, 0.05) is 17.3 Å². The van der Waals surface area contributed by atoms with Gasteiger partial charge in [-0.3, -0.25) is 9.59 Å². The quantitative estimate of drug-likeness (QED) is 0.712. The molecule has 0 saturated carbocycles. The summed E-state index contributed by atoms with van der Waals surface area (Å²) in [5.41, 5.74) is 2.28. The highest BCUT2D eigenvalue weighted by Crippen LogP contribution is 2.28. The molecule has 0 fully saturated rings. The Hall–Kier alpha value is -3.28. The number of rotatable bonds is 8. The molecule has 2 aromatic carbocycles. The van der Waals surface area contributed by atoms with Crippen molar-refractivity contribution in [2.24, 2.45) is 5.92 Å². The molecular formula is C22H26N2O4. The van der Waals surface area contributed by atoms with E-state index in [1.807, 2.05) is 45.1 Å². The van der Waals surface area contributed by atoms with Crippen LogP contribution in [0.4, 0.5) is 11.4 Å². The molecule has 0 aliphatic rings. The molecule has 0 saturated heterocycles. The number of amides is 2. The first-order chi connectivity index (χ1) is 13.4. The molecule has 0 spiro atoms. The van der Waals surface area contributed by atoms with Crippen LogP contribution in [0.15, 0.2) is 48.5 Å². The second kappa shape index (κ2) is 10.2. The van der Waals surface area contributed by atoms with Gasteiger partial charge in [-0.25, -0.2) is 0 Å². The molecule has 0 heterocycles. The van der Waals surface area contributed by atoms with Gasteiger partial charge in [-0.15, -0.1) is 0 Å². The lowest BCUT2D eigenvalue weighted by Crippen LogP contribution is -2.20. The maximum atomic E-state index is 12.1. The minimum absolute atomic E-state index is 0.0559. The van der Waals surface area contributed by atoms with Crippen molar-refractivity contribution < 1.29 is 19.1 Å². The van der Waals surface area contributed by atoms with Crippen LogP contribution in [0.25, 0.3) is 6.08 Å². The molecule has 0 radical (unpaired) electrons. The van der Waals surface area contributed by atoms with Crippen molar-refractivity contribution in [1.29, 1.82) is 0 Å². The van der Waals surface area contributed by atoms with Crippen molar-refractivity contribution >= 4 is 29.3 Å². The molecule has 0 unspecified atom stereocenters. The van der Waals surface area contributed by atoms with Crippen LogP contribution >= 0.6 is 0 Å². The van der Waals surface area contributed by atoms with Crippen molar-refractivity contribution in [3.8, 4) is 11.5 Å². The Bertz CT molecular complexity index is 842. The van der Waals surface area contributed by atoms with E-state index in [1.165, 1.54) is 0 Å². The SMILES string of the molecule is C/C=C/c1ccc(OCC(=O)Nc2ccc(NC(=O)C(C)C)cc2)c(OC)c1. The van der Waals surface area contributed by atoms with Gasteiger partial charge in [0.1, 0.15) is 0 Å². The highest BCUT2D eigenvalue weighted by Gasteiger charge is 2.10. The Morgan fingerprint density at radius 2 is 1.64 bits per heavy atom. The van der Waals surface area contributed by atoms with Crippen molar-refractivity contribution in [2.75, 3.05) is 24.4 Å². The Kier molecular flexibility index (Phi) is 7.63. The maximum absolute atomic E-state index is 12.1. The number of carbonyl (C=O) groups is 2. The number of anilines is 2. The molecule has 6 nitrogen and oxygen atoms in total. The van der Waals surface area contributed by atoms with E-state index in [4.69, 9.17) is 9.47 Å². The van der Waals surface area contributed by atoms with Crippen LogP contribution in [0.1, 0.15) is 26.3 Å². The summed E-state index contributed by atoms with van der Waals surface area (Å²) in [6.45, 7) is 5.44. The van der Waals surface area contributed by atoms with Crippen LogP contribution in [-0.2, 0) is 9.59 Å². The molecule has 28 heavy (non-hydrogen) atoms. The van der Waals surface area contributed by atoms with Crippen LogP contribution in [0.3, 0.4) is 0 Å². The largest absolute Gasteiger partial charge is 0.493 e. The predicted molar refractivity (Wildman–Crippen MR) is 112 cm³/mol. The molecule has 0 aromatic heterocycles. The molecule has 6 heteroatoms. The number of methoxy groups -OCH3 is 1. The van der Waals surface area contributed by atoms with E-state index in [1.54, 1.807) is 37.4 Å². The third kappa shape index (κ3) is 6.16. The molecule has 0 bridgehead atoms. The Balaban J connectivity index is 1.91. The second-order valence-electron chi connectivity index (χ2n) is 6.47. The van der Waals surface area contributed by atoms with Gasteiger partial charge < -0.3 is 20.1 Å². The first-order valence-electron chi connectivity index (χ1n) is 9.07. The van der Waals surface area contributed by atoms with Gasteiger partial charge in [-0.05, 0) is 48.9 Å². The standard InChI is InChI=1S/C22H26N2O4/c1-5-6-16-7-12-19(20(13-16)27-4)28-14-21(25)23-17-8-10-18(11-9-17)24-22(26)15(2)3/h5-13,15H,14H2,1-4H3,(H,23,25)(H,24,26)/b6-5+. The van der Waals surface area contributed by atoms with Crippen molar-refractivity contribution in [2.45, 2.75) is 20.8 Å². The molecule has 2 aromatic rings. The third-order valence-electron chi connectivity index (χ3n) is 3.87. The highest BCUT2D eigenvalue weighted by molar-refractivity contribution is 5.94. The number of nitrogens with one attached hydrogen (secondary N) is 2. The average Bonchev–Trinajstić information content (AvgIpc) is 2.68. The Labute approximate surface area is 165 Å². The van der Waals surface area contributed by atoms with Crippen molar-refractivity contribution in [1.82, 2.24) is 0 Å². The maximum Gasteiger partial charge on any atom is 0.262 e. The van der Waals surface area contributed by atoms with Crippen molar-refractivity contribution in [3.05, 3.63) is 54.1 Å². The first-order valence-corrected chi connectivity index (χ1v) is 9.07. The summed E-state index contributed by atoms with van der Waals surface area (Å²) >= 11 is 0. The van der Waals surface area contributed by atoms with E-state index < -0.39 is 0 Å². The summed E-state index contributed by atoms with van der Waals surface area (Å²) in [6, 6.07) is 12.4. The van der Waals surface area contributed by atoms with Crippen LogP contribution in [0.2, 0.25) is 0 Å². The molecule has 0 aliphatic heterocycles. The van der Waals surface area contributed by atoms with Gasteiger partial charge in [-0.1, -0.05) is 32.1 Å². The van der Waals surface area contributed by atoms with Crippen LogP contribution < -0.4 is 20.1 Å². The summed E-state index contributed by atoms with van der Waals surface area (Å²) in [6.07, 6.45) is 3.88. The van der Waals surface area contributed by atoms with Gasteiger partial charge >= 0.3 is 0 Å². The molecule has 2 amide bonds. The lowest BCUT2D eigenvalue weighted by atomic mass is 10.2. The summed E-state index contributed by atoms with van der Waals surface area (Å²) in [4.78, 5) is 23.8. The van der Waals surface area contributed by atoms with Gasteiger partial charge in [0.25, 0.3) is 5.91 Å². The molecule has 0 aliphatic carbocycles. The zero-order chi connectivity index (χ0) is 20.5. The molecule has 2 rings (SSSR count). The number of benzene rings is 2. The number of carbonyl (C=O) groups excluding carboxylic acids is 2. The van der Waals surface area contributed by atoms with E-state index in [-0.39, 0.29) is 24.3 Å². The average molecular weight is 382 g/mol. The Morgan fingerprint density at radius 3 is 2.21 bits per heavy atom. The molecule has 2 N–H and O–H groups in total. The van der Waals surface area contributed by atoms with E-state index in [9.17, 15) is 9.59 Å². The normalized spacial score (nSPS) is 10.8. The third-order valence-corrected chi connectivity index (χ3v) is 3.87. The van der Waals surface area contributed by atoms with E-state index in [2.05, 4.69) is 10.6 Å². The first kappa shape index (κ1) is 21.0. The number of ether oxygens (including phenoxy) is 2. The smallest absolute Gasteiger partial charge is 0.262 e. The van der Waals surface area contributed by atoms with E-state index in [0.29, 0.717) is 22.9 Å². The highest BCUT2D eigenvalue weighted by atomic mass is 16.5. The van der Waals surface area contributed by atoms with Gasteiger partial charge in [-0.2, -0.15) is 0 Å². The second-order valence-corrected chi connectivity index (χ2v) is 6.47. The number of allylic oxidation sites excluding steroid dienone is 1. The molecule has 148 valence electrons. The lowest BCUT2D eigenvalue weighted by molar-refractivity contribution is -0.119. The summed E-state index contributed by atoms with van der Waals surface area (Å²) in [5, 5.41) is 5.56. The van der Waals surface area contributed by atoms with Gasteiger partial charge in [0.2, 0.25) is 5.91 Å². The summed E-state index contributed by atoms with van der Waals surface area (Å²) in [5.74, 6) is 0.616. The zero-order valence-electron chi connectivity index (χ0n) is 16.6. The summed E-state index contributed by atoms with van der Waals surface area (Å²) in [7, 11) is 1.56. The van der Waals surface area contributed by atoms with Crippen LogP contribution in [0, 0.1) is 5.92 Å². The minimum Gasteiger partial charge on any atom is -0.493 e. The molecular weight excluding hydrogens is 356 g/mol. The number of hydrogen-bond acceptors (Lipinski definition) is 4. The topological polar surface area (TPSA) is 76.7 Å². The fourth-order valence-corrected chi connectivity index (χ4v) is 2.36. The van der Waals surface area contributed by atoms with Crippen molar-refractivity contribution in [3.63, 3.8) is 0 Å². The number of hydrogen-bond donors (Lipinski definition) is 2. The Morgan fingerprint density at radius 1 is 1.00 bits per heavy atom. The van der Waals surface area contributed by atoms with Gasteiger partial charge in [0.15, 0.2) is 18.1 Å². The fraction of sp³-hybridized carbons (Fsp3) is 0.273. The predicted octanol–water partition coefficient (Wildman–Crippen LogP) is 4.34. The van der Waals surface area contributed by atoms with Crippen LogP contribution in [0.5, 0.6) is 11.5 Å².